The van der Waals surface area contributed by atoms with E-state index in [4.69, 9.17) is 4.74 Å². The van der Waals surface area contributed by atoms with Crippen molar-refractivity contribution >= 4 is 0 Å². The summed E-state index contributed by atoms with van der Waals surface area (Å²) in [6.07, 6.45) is 3.56. The molecule has 0 unspecified atom stereocenters. The second-order valence-electron chi connectivity index (χ2n) is 1.82. The Balaban J connectivity index is -0.0000000900. The van der Waals surface area contributed by atoms with Crippen LogP contribution in [-0.4, -0.2) is 13.2 Å². The molecular formula is C7H15BrOZn. The van der Waals surface area contributed by atoms with Crippen LogP contribution < -0.4 is 17.0 Å². The zero-order valence-electron chi connectivity index (χ0n) is 6.74. The van der Waals surface area contributed by atoms with Crippen molar-refractivity contribution in [1.29, 1.82) is 0 Å². The van der Waals surface area contributed by atoms with Crippen LogP contribution in [0.25, 0.3) is 0 Å². The molecule has 0 N–H and O–H groups in total. The Bertz CT molecular complexity index is 33.0. The fraction of sp³-hybridized carbons (Fsp3) is 0.857. The fourth-order valence-corrected chi connectivity index (χ4v) is 0.510. The number of hydrogen-bond donors (Lipinski definition) is 0. The first-order valence-electron chi connectivity index (χ1n) is 3.28. The zero-order valence-corrected chi connectivity index (χ0v) is 11.3. The summed E-state index contributed by atoms with van der Waals surface area (Å²) in [6.45, 7) is 7.50. The zero-order chi connectivity index (χ0) is 6.24. The molecule has 1 fully saturated rings. The van der Waals surface area contributed by atoms with Crippen molar-refractivity contribution in [3.8, 4) is 0 Å². The van der Waals surface area contributed by atoms with Crippen LogP contribution in [0.3, 0.4) is 0 Å². The molecule has 1 nitrogen and oxygen atoms in total. The third-order valence-electron chi connectivity index (χ3n) is 0.827. The van der Waals surface area contributed by atoms with Gasteiger partial charge in [0.2, 0.25) is 0 Å². The molecule has 58 valence electrons. The molecule has 0 spiro atoms. The van der Waals surface area contributed by atoms with E-state index in [-0.39, 0.29) is 36.5 Å². The summed E-state index contributed by atoms with van der Waals surface area (Å²) >= 11 is 0. The Hall–Kier alpha value is 1.06. The van der Waals surface area contributed by atoms with E-state index < -0.39 is 0 Å². The molecule has 1 aliphatic rings. The molecule has 0 atom stereocenters. The summed E-state index contributed by atoms with van der Waals surface area (Å²) in [5.41, 5.74) is 0. The van der Waals surface area contributed by atoms with Crippen LogP contribution in [0.2, 0.25) is 0 Å². The van der Waals surface area contributed by atoms with E-state index in [2.05, 4.69) is 6.92 Å². The third kappa shape index (κ3) is 16.0. The van der Waals surface area contributed by atoms with E-state index in [1.165, 1.54) is 12.8 Å². The van der Waals surface area contributed by atoms with E-state index in [1.54, 1.807) is 0 Å². The average Bonchev–Trinajstić information content (AvgIpc) is 2.17. The minimum atomic E-state index is 0. The first-order chi connectivity index (χ1) is 3.91. The van der Waals surface area contributed by atoms with Crippen LogP contribution >= 0.6 is 0 Å². The van der Waals surface area contributed by atoms with Crippen molar-refractivity contribution in [2.75, 3.05) is 13.2 Å². The van der Waals surface area contributed by atoms with Crippen LogP contribution in [0.15, 0.2) is 0 Å². The molecule has 0 saturated carbocycles. The van der Waals surface area contributed by atoms with Crippen molar-refractivity contribution in [3.63, 3.8) is 0 Å². The Labute approximate surface area is 87.4 Å². The van der Waals surface area contributed by atoms with E-state index in [0.717, 1.165) is 19.6 Å². The van der Waals surface area contributed by atoms with Gasteiger partial charge in [0.05, 0.1) is 0 Å². The number of rotatable bonds is 0. The number of hydrogen-bond acceptors (Lipinski definition) is 1. The van der Waals surface area contributed by atoms with Crippen LogP contribution in [0, 0.1) is 6.92 Å². The van der Waals surface area contributed by atoms with E-state index in [1.807, 2.05) is 6.92 Å². The number of ether oxygens (including phenoxy) is 1. The predicted octanol–water partition coefficient (Wildman–Crippen LogP) is -0.971. The van der Waals surface area contributed by atoms with Crippen molar-refractivity contribution in [2.45, 2.75) is 26.2 Å². The maximum Gasteiger partial charge on any atom is 2.00 e. The topological polar surface area (TPSA) is 9.23 Å². The second-order valence-corrected chi connectivity index (χ2v) is 1.82. The minimum absolute atomic E-state index is 0. The first kappa shape index (κ1) is 17.2. The maximum absolute atomic E-state index is 4.94. The van der Waals surface area contributed by atoms with E-state index >= 15 is 0 Å². The van der Waals surface area contributed by atoms with Gasteiger partial charge in [-0.3, -0.25) is 0 Å². The average molecular weight is 260 g/mol. The minimum Gasteiger partial charge on any atom is -1.00 e. The molecule has 1 aliphatic heterocycles. The van der Waals surface area contributed by atoms with Gasteiger partial charge in [-0.2, -0.15) is 6.42 Å². The standard InChI is InChI=1S/C4H8O.C3H7.BrH.Zn/c1-2-4-5-3-1;1-3-2;;/h1-4H2;1,3H2,2H3;1H;/q;-1;;+2/p-1. The fourth-order valence-electron chi connectivity index (χ4n) is 0.510. The van der Waals surface area contributed by atoms with E-state index in [0.29, 0.717) is 0 Å². The van der Waals surface area contributed by atoms with Crippen LogP contribution in [0.4, 0.5) is 0 Å². The molecule has 0 aromatic rings. The quantitative estimate of drug-likeness (QED) is 0.402. The Morgan fingerprint density at radius 1 is 1.30 bits per heavy atom. The van der Waals surface area contributed by atoms with Gasteiger partial charge in [-0.15, -0.1) is 0 Å². The molecule has 0 aromatic carbocycles. The van der Waals surface area contributed by atoms with Crippen molar-refractivity contribution in [1.82, 2.24) is 0 Å². The van der Waals surface area contributed by atoms with E-state index in [9.17, 15) is 0 Å². The summed E-state index contributed by atoms with van der Waals surface area (Å²) in [6, 6.07) is 0. The Morgan fingerprint density at radius 2 is 1.60 bits per heavy atom. The van der Waals surface area contributed by atoms with Gasteiger partial charge in [0.25, 0.3) is 0 Å². The second kappa shape index (κ2) is 16.6. The first-order valence-corrected chi connectivity index (χ1v) is 3.28. The van der Waals surface area contributed by atoms with Gasteiger partial charge >= 0.3 is 19.5 Å². The van der Waals surface area contributed by atoms with Gasteiger partial charge in [-0.25, -0.2) is 0 Å². The predicted molar refractivity (Wildman–Crippen MR) is 35.7 cm³/mol. The Morgan fingerprint density at radius 3 is 1.70 bits per heavy atom. The molecule has 0 radical (unpaired) electrons. The van der Waals surface area contributed by atoms with Crippen LogP contribution in [0.1, 0.15) is 26.2 Å². The Kier molecular flexibility index (Phi) is 28.6. The van der Waals surface area contributed by atoms with Crippen molar-refractivity contribution in [3.05, 3.63) is 6.92 Å². The van der Waals surface area contributed by atoms with Gasteiger partial charge in [-0.05, 0) is 12.8 Å². The molecule has 0 amide bonds. The SMILES string of the molecule is C1CCOC1.[Br-].[CH2-]CC.[Zn+2]. The molecule has 0 aromatic heterocycles. The van der Waals surface area contributed by atoms with Crippen LogP contribution in [-0.2, 0) is 24.2 Å². The van der Waals surface area contributed by atoms with Crippen LogP contribution in [0.5, 0.6) is 0 Å². The summed E-state index contributed by atoms with van der Waals surface area (Å²) in [5, 5.41) is 0. The summed E-state index contributed by atoms with van der Waals surface area (Å²) < 4.78 is 4.94. The molecule has 0 bridgehead atoms. The number of halogens is 1. The molecule has 0 aliphatic carbocycles. The molecule has 1 rings (SSSR count). The monoisotopic (exact) mass is 258 g/mol. The molecule has 1 heterocycles. The van der Waals surface area contributed by atoms with Gasteiger partial charge in [-0.1, -0.05) is 6.92 Å². The molecule has 3 heteroatoms. The smallest absolute Gasteiger partial charge is 1.00 e. The summed E-state index contributed by atoms with van der Waals surface area (Å²) in [7, 11) is 0. The molecule has 10 heavy (non-hydrogen) atoms. The van der Waals surface area contributed by atoms with Crippen molar-refractivity contribution < 1.29 is 41.2 Å². The van der Waals surface area contributed by atoms with Gasteiger partial charge < -0.3 is 28.6 Å². The largest absolute Gasteiger partial charge is 2.00 e. The van der Waals surface area contributed by atoms with Gasteiger partial charge in [0, 0.05) is 13.2 Å². The molecular weight excluding hydrogens is 245 g/mol. The summed E-state index contributed by atoms with van der Waals surface area (Å²) in [4.78, 5) is 0. The summed E-state index contributed by atoms with van der Waals surface area (Å²) in [5.74, 6) is 0. The van der Waals surface area contributed by atoms with Gasteiger partial charge in [0.15, 0.2) is 0 Å². The molecule has 1 saturated heterocycles. The van der Waals surface area contributed by atoms with Crippen molar-refractivity contribution in [2.24, 2.45) is 0 Å². The maximum atomic E-state index is 4.94. The third-order valence-corrected chi connectivity index (χ3v) is 0.827. The van der Waals surface area contributed by atoms with Gasteiger partial charge in [0.1, 0.15) is 0 Å². The normalized spacial score (nSPS) is 13.8.